The molecule has 0 spiro atoms. The van der Waals surface area contributed by atoms with Crippen LogP contribution < -0.4 is 14.8 Å². The lowest BCUT2D eigenvalue weighted by atomic mass is 10.1. The van der Waals surface area contributed by atoms with Gasteiger partial charge in [0.05, 0.1) is 29.3 Å². The van der Waals surface area contributed by atoms with Gasteiger partial charge in [0, 0.05) is 0 Å². The molecule has 140 valence electrons. The average Bonchev–Trinajstić information content (AvgIpc) is 2.92. The van der Waals surface area contributed by atoms with Gasteiger partial charge < -0.3 is 14.8 Å². The number of aliphatic imine (C=N–C) groups is 1. The van der Waals surface area contributed by atoms with Gasteiger partial charge in [-0.05, 0) is 88.6 Å². The molecule has 1 aliphatic heterocycles. The number of hydrogen-bond acceptors (Lipinski definition) is 5. The fraction of sp³-hybridized carbons (Fsp3) is 0.200. The first-order chi connectivity index (χ1) is 12.9. The molecule has 2 aromatic rings. The van der Waals surface area contributed by atoms with Crippen molar-refractivity contribution >= 4 is 50.5 Å². The van der Waals surface area contributed by atoms with E-state index in [0.29, 0.717) is 21.6 Å². The van der Waals surface area contributed by atoms with Crippen molar-refractivity contribution in [2.24, 2.45) is 4.99 Å². The topological polar surface area (TPSA) is 59.9 Å². The second-order valence-corrected chi connectivity index (χ2v) is 7.95. The Kier molecular flexibility index (Phi) is 5.92. The van der Waals surface area contributed by atoms with Crippen LogP contribution in [0.2, 0.25) is 0 Å². The van der Waals surface area contributed by atoms with Gasteiger partial charge in [-0.2, -0.15) is 0 Å². The molecule has 2 aromatic carbocycles. The zero-order chi connectivity index (χ0) is 19.6. The minimum atomic E-state index is -0.172. The highest BCUT2D eigenvalue weighted by molar-refractivity contribution is 9.10. The molecule has 0 aliphatic carbocycles. The van der Waals surface area contributed by atoms with Crippen molar-refractivity contribution in [1.29, 1.82) is 0 Å². The monoisotopic (exact) mass is 446 g/mol. The second-order valence-electron chi connectivity index (χ2n) is 6.07. The van der Waals surface area contributed by atoms with Crippen LogP contribution in [0.15, 0.2) is 44.7 Å². The van der Waals surface area contributed by atoms with Gasteiger partial charge in [0.1, 0.15) is 0 Å². The van der Waals surface area contributed by atoms with Gasteiger partial charge in [-0.1, -0.05) is 6.07 Å². The molecule has 1 saturated heterocycles. The van der Waals surface area contributed by atoms with Crippen LogP contribution in [-0.2, 0) is 4.79 Å². The summed E-state index contributed by atoms with van der Waals surface area (Å²) in [5.74, 6) is 1.03. The first-order valence-electron chi connectivity index (χ1n) is 8.19. The predicted octanol–water partition coefficient (Wildman–Crippen LogP) is 4.97. The maximum atomic E-state index is 12.3. The number of methoxy groups -OCH3 is 2. The molecule has 0 bridgehead atoms. The Morgan fingerprint density at radius 2 is 1.78 bits per heavy atom. The van der Waals surface area contributed by atoms with Gasteiger partial charge in [0.2, 0.25) is 0 Å². The Balaban J connectivity index is 1.89. The number of carbonyl (C=O) groups excluding carboxylic acids is 1. The lowest BCUT2D eigenvalue weighted by Crippen LogP contribution is -2.19. The number of carbonyl (C=O) groups is 1. The molecule has 1 fully saturated rings. The van der Waals surface area contributed by atoms with Gasteiger partial charge in [-0.3, -0.25) is 4.79 Å². The number of ether oxygens (including phenoxy) is 2. The molecule has 7 heteroatoms. The fourth-order valence-electron chi connectivity index (χ4n) is 2.79. The van der Waals surface area contributed by atoms with E-state index in [1.807, 2.05) is 38.1 Å². The molecule has 5 nitrogen and oxygen atoms in total. The maximum absolute atomic E-state index is 12.3. The summed E-state index contributed by atoms with van der Waals surface area (Å²) < 4.78 is 11.4. The van der Waals surface area contributed by atoms with Crippen LogP contribution in [0.1, 0.15) is 16.7 Å². The standard InChI is InChI=1S/C20H19BrN2O3S/c1-11-5-12(2)7-14(6-11)22-20-23-19(24)17(27-20)10-13-8-15(21)18(26-4)16(9-13)25-3/h5-10H,1-4H3,(H,22,23,24)/b17-10-. The van der Waals surface area contributed by atoms with Crippen LogP contribution >= 0.6 is 27.7 Å². The van der Waals surface area contributed by atoms with E-state index < -0.39 is 0 Å². The van der Waals surface area contributed by atoms with Gasteiger partial charge >= 0.3 is 0 Å². The van der Waals surface area contributed by atoms with E-state index in [0.717, 1.165) is 26.9 Å². The van der Waals surface area contributed by atoms with Gasteiger partial charge in [-0.25, -0.2) is 4.99 Å². The zero-order valence-electron chi connectivity index (χ0n) is 15.4. The maximum Gasteiger partial charge on any atom is 0.264 e. The molecule has 1 aliphatic rings. The van der Waals surface area contributed by atoms with Crippen molar-refractivity contribution < 1.29 is 14.3 Å². The van der Waals surface area contributed by atoms with Crippen LogP contribution in [0.25, 0.3) is 6.08 Å². The molecule has 0 atom stereocenters. The average molecular weight is 447 g/mol. The second kappa shape index (κ2) is 8.19. The fourth-order valence-corrected chi connectivity index (χ4v) is 4.25. The van der Waals surface area contributed by atoms with Gasteiger partial charge in [0.15, 0.2) is 16.7 Å². The lowest BCUT2D eigenvalue weighted by molar-refractivity contribution is -0.115. The summed E-state index contributed by atoms with van der Waals surface area (Å²) in [6.07, 6.45) is 1.80. The molecule has 0 saturated carbocycles. The highest BCUT2D eigenvalue weighted by atomic mass is 79.9. The highest BCUT2D eigenvalue weighted by Crippen LogP contribution is 2.38. The number of amidine groups is 1. The van der Waals surface area contributed by atoms with Crippen molar-refractivity contribution in [2.75, 3.05) is 14.2 Å². The van der Waals surface area contributed by atoms with E-state index in [2.05, 4.69) is 32.3 Å². The molecule has 1 heterocycles. The molecule has 0 aromatic heterocycles. The van der Waals surface area contributed by atoms with Gasteiger partial charge in [-0.15, -0.1) is 0 Å². The largest absolute Gasteiger partial charge is 0.493 e. The Bertz CT molecular complexity index is 950. The lowest BCUT2D eigenvalue weighted by Gasteiger charge is -2.10. The van der Waals surface area contributed by atoms with Crippen molar-refractivity contribution in [2.45, 2.75) is 13.8 Å². The number of rotatable bonds is 4. The summed E-state index contributed by atoms with van der Waals surface area (Å²) >= 11 is 4.78. The predicted molar refractivity (Wildman–Crippen MR) is 114 cm³/mol. The van der Waals surface area contributed by atoms with Crippen LogP contribution in [0.5, 0.6) is 11.5 Å². The number of hydrogen-bond donors (Lipinski definition) is 1. The molecule has 1 N–H and O–H groups in total. The van der Waals surface area contributed by atoms with E-state index in [-0.39, 0.29) is 5.91 Å². The molecule has 3 rings (SSSR count). The molecule has 27 heavy (non-hydrogen) atoms. The number of nitrogens with one attached hydrogen (secondary N) is 1. The third-order valence-corrected chi connectivity index (χ3v) is 5.34. The molecular formula is C20H19BrN2O3S. The van der Waals surface area contributed by atoms with Gasteiger partial charge in [0.25, 0.3) is 5.91 Å². The van der Waals surface area contributed by atoms with Crippen molar-refractivity contribution in [3.8, 4) is 11.5 Å². The van der Waals surface area contributed by atoms with Crippen LogP contribution in [0.4, 0.5) is 5.69 Å². The van der Waals surface area contributed by atoms with E-state index in [9.17, 15) is 4.79 Å². The van der Waals surface area contributed by atoms with E-state index >= 15 is 0 Å². The number of benzene rings is 2. The number of aryl methyl sites for hydroxylation is 2. The number of thioether (sulfide) groups is 1. The summed E-state index contributed by atoms with van der Waals surface area (Å²) in [6.45, 7) is 4.05. The summed E-state index contributed by atoms with van der Waals surface area (Å²) in [7, 11) is 3.16. The Hall–Kier alpha value is -2.25. The Morgan fingerprint density at radius 3 is 2.41 bits per heavy atom. The zero-order valence-corrected chi connectivity index (χ0v) is 17.8. The smallest absolute Gasteiger partial charge is 0.264 e. The summed E-state index contributed by atoms with van der Waals surface area (Å²) in [4.78, 5) is 17.4. The van der Waals surface area contributed by atoms with Crippen LogP contribution in [0.3, 0.4) is 0 Å². The molecule has 0 unspecified atom stereocenters. The van der Waals surface area contributed by atoms with Crippen LogP contribution in [0, 0.1) is 13.8 Å². The third kappa shape index (κ3) is 4.54. The van der Waals surface area contributed by atoms with E-state index in [1.54, 1.807) is 20.3 Å². The van der Waals surface area contributed by atoms with E-state index in [1.165, 1.54) is 11.8 Å². The summed E-state index contributed by atoms with van der Waals surface area (Å²) in [6, 6.07) is 9.76. The molecule has 0 radical (unpaired) electrons. The number of nitrogens with zero attached hydrogens (tertiary/aromatic N) is 1. The van der Waals surface area contributed by atoms with Crippen molar-refractivity contribution in [3.05, 3.63) is 56.4 Å². The number of amides is 1. The normalized spacial score (nSPS) is 16.7. The first kappa shape index (κ1) is 19.5. The molecule has 1 amide bonds. The SMILES string of the molecule is COc1cc(/C=C2\SC(=Nc3cc(C)cc(C)c3)NC2=O)cc(Br)c1OC. The number of halogens is 1. The minimum Gasteiger partial charge on any atom is -0.493 e. The minimum absolute atomic E-state index is 0.172. The summed E-state index contributed by atoms with van der Waals surface area (Å²) in [5.41, 5.74) is 3.92. The first-order valence-corrected chi connectivity index (χ1v) is 9.80. The third-order valence-electron chi connectivity index (χ3n) is 3.84. The quantitative estimate of drug-likeness (QED) is 0.673. The van der Waals surface area contributed by atoms with E-state index in [4.69, 9.17) is 9.47 Å². The van der Waals surface area contributed by atoms with Crippen molar-refractivity contribution in [3.63, 3.8) is 0 Å². The Labute approximate surface area is 171 Å². The summed E-state index contributed by atoms with van der Waals surface area (Å²) in [5, 5.41) is 3.38. The highest BCUT2D eigenvalue weighted by Gasteiger charge is 2.24. The van der Waals surface area contributed by atoms with Crippen LogP contribution in [-0.4, -0.2) is 25.3 Å². The van der Waals surface area contributed by atoms with Crippen molar-refractivity contribution in [1.82, 2.24) is 5.32 Å². The molecular weight excluding hydrogens is 428 g/mol. The Morgan fingerprint density at radius 1 is 1.07 bits per heavy atom.